The van der Waals surface area contributed by atoms with E-state index in [2.05, 4.69) is 0 Å². The number of imide groups is 1. The summed E-state index contributed by atoms with van der Waals surface area (Å²) in [7, 11) is 0. The maximum atomic E-state index is 13.3. The number of anilines is 1. The summed E-state index contributed by atoms with van der Waals surface area (Å²) in [5.41, 5.74) is -3.58. The van der Waals surface area contributed by atoms with E-state index in [1.165, 1.54) is 12.1 Å². The summed E-state index contributed by atoms with van der Waals surface area (Å²) in [6.45, 7) is 7.55. The number of hydrogen-bond acceptors (Lipinski definition) is 4. The molecule has 4 rings (SSSR count). The minimum Gasteiger partial charge on any atom is -0.367 e. The molecule has 8 heteroatoms. The quantitative estimate of drug-likeness (QED) is 0.686. The van der Waals surface area contributed by atoms with Crippen LogP contribution in [0.2, 0.25) is 0 Å². The zero-order valence-corrected chi connectivity index (χ0v) is 15.8. The van der Waals surface area contributed by atoms with Crippen molar-refractivity contribution in [3.63, 3.8) is 0 Å². The van der Waals surface area contributed by atoms with Gasteiger partial charge in [0.25, 0.3) is 0 Å². The summed E-state index contributed by atoms with van der Waals surface area (Å²) in [5.74, 6) is -2.53. The number of rotatable bonds is 1. The van der Waals surface area contributed by atoms with Gasteiger partial charge in [0.05, 0.1) is 45.9 Å². The first-order valence-electron chi connectivity index (χ1n) is 9.07. The van der Waals surface area contributed by atoms with Gasteiger partial charge >= 0.3 is 6.18 Å². The number of nitrogens with zero attached hydrogens (tertiary/aromatic N) is 2. The van der Waals surface area contributed by atoms with E-state index >= 15 is 0 Å². The van der Waals surface area contributed by atoms with Gasteiger partial charge in [0.2, 0.25) is 11.8 Å². The normalized spacial score (nSPS) is 39.4. The van der Waals surface area contributed by atoms with E-state index in [4.69, 9.17) is 10.00 Å². The van der Waals surface area contributed by atoms with Crippen LogP contribution in [0, 0.1) is 35.0 Å². The molecule has 2 amide bonds. The van der Waals surface area contributed by atoms with Crippen LogP contribution in [0.4, 0.5) is 18.9 Å². The van der Waals surface area contributed by atoms with E-state index in [-0.39, 0.29) is 17.5 Å². The molecule has 0 aliphatic carbocycles. The third-order valence-electron chi connectivity index (χ3n) is 7.23. The molecule has 0 unspecified atom stereocenters. The first kappa shape index (κ1) is 18.9. The molecule has 1 aromatic carbocycles. The number of benzene rings is 1. The van der Waals surface area contributed by atoms with Crippen LogP contribution in [0.15, 0.2) is 18.2 Å². The number of carbonyl (C=O) groups excluding carboxylic acids is 2. The number of ether oxygens (including phenoxy) is 1. The fraction of sp³-hybridized carbons (Fsp3) is 0.550. The second-order valence-corrected chi connectivity index (χ2v) is 8.35. The molecule has 148 valence electrons. The van der Waals surface area contributed by atoms with Gasteiger partial charge in [-0.25, -0.2) is 4.90 Å². The minimum atomic E-state index is -4.77. The summed E-state index contributed by atoms with van der Waals surface area (Å²) < 4.78 is 46.2. The number of amides is 2. The van der Waals surface area contributed by atoms with Crippen molar-refractivity contribution in [1.29, 1.82) is 5.26 Å². The van der Waals surface area contributed by atoms with Crippen LogP contribution >= 0.6 is 0 Å². The second kappa shape index (κ2) is 5.35. The maximum Gasteiger partial charge on any atom is 0.417 e. The number of nitriles is 1. The number of fused-ring (bicyclic) bond motifs is 5. The Morgan fingerprint density at radius 3 is 2.00 bits per heavy atom. The molecule has 3 aliphatic rings. The topological polar surface area (TPSA) is 70.4 Å². The Morgan fingerprint density at radius 2 is 1.57 bits per heavy atom. The first-order chi connectivity index (χ1) is 12.9. The Balaban J connectivity index is 1.82. The van der Waals surface area contributed by atoms with Crippen LogP contribution in [0.3, 0.4) is 0 Å². The van der Waals surface area contributed by atoms with E-state index < -0.39 is 52.2 Å². The van der Waals surface area contributed by atoms with Crippen LogP contribution < -0.4 is 4.90 Å². The lowest BCUT2D eigenvalue weighted by molar-refractivity contribution is -0.138. The van der Waals surface area contributed by atoms with Gasteiger partial charge in [-0.15, -0.1) is 0 Å². The average molecular weight is 392 g/mol. The zero-order valence-electron chi connectivity index (χ0n) is 15.8. The Labute approximate surface area is 160 Å². The molecule has 3 saturated heterocycles. The van der Waals surface area contributed by atoms with Crippen LogP contribution in [-0.4, -0.2) is 23.0 Å². The summed E-state index contributed by atoms with van der Waals surface area (Å²) in [6.07, 6.45) is -4.77. The van der Waals surface area contributed by atoms with Gasteiger partial charge in [-0.1, -0.05) is 13.8 Å². The molecule has 3 heterocycles. The maximum absolute atomic E-state index is 13.3. The molecule has 6 atom stereocenters. The summed E-state index contributed by atoms with van der Waals surface area (Å²) in [5, 5.41) is 8.96. The van der Waals surface area contributed by atoms with Crippen molar-refractivity contribution < 1.29 is 27.5 Å². The van der Waals surface area contributed by atoms with Gasteiger partial charge in [-0.3, -0.25) is 9.59 Å². The van der Waals surface area contributed by atoms with Gasteiger partial charge in [0.15, 0.2) is 0 Å². The standard InChI is InChI=1S/C20H19F3N2O3/c1-9-10(2)19(4)15-14(18(9,3)28-19)16(26)25(17(15)27)12-6-5-11(8-24)13(7-12)20(21,22)23/h5-7,9-10,14-15H,1-4H3/t9-,10+,14-,15+,18-,19+. The van der Waals surface area contributed by atoms with E-state index in [0.717, 1.165) is 11.0 Å². The van der Waals surface area contributed by atoms with Crippen molar-refractivity contribution in [2.75, 3.05) is 4.90 Å². The number of hydrogen-bond donors (Lipinski definition) is 0. The van der Waals surface area contributed by atoms with E-state index in [0.29, 0.717) is 6.07 Å². The summed E-state index contributed by atoms with van der Waals surface area (Å²) in [6, 6.07) is 4.41. The Morgan fingerprint density at radius 1 is 1.07 bits per heavy atom. The summed E-state index contributed by atoms with van der Waals surface area (Å²) >= 11 is 0. The van der Waals surface area contributed by atoms with E-state index in [1.54, 1.807) is 13.8 Å². The van der Waals surface area contributed by atoms with Gasteiger partial charge in [0, 0.05) is 0 Å². The van der Waals surface area contributed by atoms with Crippen LogP contribution in [0.25, 0.3) is 0 Å². The highest BCUT2D eigenvalue weighted by atomic mass is 19.4. The smallest absolute Gasteiger partial charge is 0.367 e. The molecule has 28 heavy (non-hydrogen) atoms. The lowest BCUT2D eigenvalue weighted by Gasteiger charge is -2.38. The fourth-order valence-corrected chi connectivity index (χ4v) is 5.43. The average Bonchev–Trinajstić information content (AvgIpc) is 3.10. The van der Waals surface area contributed by atoms with Crippen molar-refractivity contribution >= 4 is 17.5 Å². The van der Waals surface area contributed by atoms with Gasteiger partial charge in [0.1, 0.15) is 0 Å². The van der Waals surface area contributed by atoms with E-state index in [9.17, 15) is 22.8 Å². The number of alkyl halides is 3. The Kier molecular flexibility index (Phi) is 3.62. The van der Waals surface area contributed by atoms with Gasteiger partial charge in [-0.2, -0.15) is 18.4 Å². The monoisotopic (exact) mass is 392 g/mol. The molecule has 5 nitrogen and oxygen atoms in total. The SMILES string of the molecule is C[C@@H]1[C@H](C)[C@]2(C)O[C@@]1(C)[C@H]1C(=O)N(c3ccc(C#N)c(C(F)(F)F)c3)C(=O)[C@H]12. The molecule has 0 N–H and O–H groups in total. The fourth-order valence-electron chi connectivity index (χ4n) is 5.43. The number of carbonyl (C=O) groups is 2. The second-order valence-electron chi connectivity index (χ2n) is 8.35. The summed E-state index contributed by atoms with van der Waals surface area (Å²) in [4.78, 5) is 27.2. The van der Waals surface area contributed by atoms with Crippen molar-refractivity contribution in [3.8, 4) is 6.07 Å². The number of halogens is 3. The van der Waals surface area contributed by atoms with Crippen LogP contribution in [0.1, 0.15) is 38.8 Å². The Hall–Kier alpha value is -2.40. The molecular weight excluding hydrogens is 373 g/mol. The molecule has 2 bridgehead atoms. The molecule has 0 saturated carbocycles. The molecule has 3 aliphatic heterocycles. The predicted molar refractivity (Wildman–Crippen MR) is 91.9 cm³/mol. The van der Waals surface area contributed by atoms with Crippen molar-refractivity contribution in [2.45, 2.75) is 45.1 Å². The highest BCUT2D eigenvalue weighted by Gasteiger charge is 2.77. The molecular formula is C20H19F3N2O3. The predicted octanol–water partition coefficient (Wildman–Crippen LogP) is 3.52. The van der Waals surface area contributed by atoms with Crippen molar-refractivity contribution in [1.82, 2.24) is 0 Å². The van der Waals surface area contributed by atoms with Crippen LogP contribution in [-0.2, 0) is 20.5 Å². The molecule has 3 fully saturated rings. The zero-order chi connectivity index (χ0) is 20.8. The molecule has 1 aromatic rings. The Bertz CT molecular complexity index is 915. The molecule has 0 radical (unpaired) electrons. The van der Waals surface area contributed by atoms with Crippen molar-refractivity contribution in [3.05, 3.63) is 29.3 Å². The third-order valence-corrected chi connectivity index (χ3v) is 7.23. The lowest BCUT2D eigenvalue weighted by Crippen LogP contribution is -2.49. The highest BCUT2D eigenvalue weighted by Crippen LogP contribution is 2.65. The third kappa shape index (κ3) is 2.05. The largest absolute Gasteiger partial charge is 0.417 e. The van der Waals surface area contributed by atoms with Gasteiger partial charge in [-0.05, 0) is 43.9 Å². The highest BCUT2D eigenvalue weighted by molar-refractivity contribution is 6.23. The lowest BCUT2D eigenvalue weighted by atomic mass is 9.59. The van der Waals surface area contributed by atoms with E-state index in [1.807, 2.05) is 13.8 Å². The minimum absolute atomic E-state index is 0.0159. The van der Waals surface area contributed by atoms with Crippen LogP contribution in [0.5, 0.6) is 0 Å². The molecule has 0 spiro atoms. The molecule has 0 aromatic heterocycles. The first-order valence-corrected chi connectivity index (χ1v) is 9.07. The van der Waals surface area contributed by atoms with Gasteiger partial charge < -0.3 is 4.74 Å². The van der Waals surface area contributed by atoms with Crippen molar-refractivity contribution in [2.24, 2.45) is 23.7 Å².